The number of aliphatic hydroxyl groups excluding tert-OH is 2. The number of phenolic OH excluding ortho intramolecular Hbond substituents is 1. The minimum atomic E-state index is -1.66. The third-order valence-electron chi connectivity index (χ3n) is 2.41. The van der Waals surface area contributed by atoms with Crippen LogP contribution in [0.5, 0.6) is 5.75 Å². The number of benzene rings is 1. The van der Waals surface area contributed by atoms with E-state index in [0.717, 1.165) is 0 Å². The van der Waals surface area contributed by atoms with Crippen LogP contribution in [0.2, 0.25) is 0 Å². The number of rotatable bonds is 5. The molecule has 1 rings (SSSR count). The molecule has 0 spiro atoms. The summed E-state index contributed by atoms with van der Waals surface area (Å²) in [5.74, 6) is -2.74. The molecule has 2 unspecified atom stereocenters. The number of phenols is 1. The van der Waals surface area contributed by atoms with Crippen molar-refractivity contribution in [2.24, 2.45) is 0 Å². The third-order valence-corrected chi connectivity index (χ3v) is 2.41. The lowest BCUT2D eigenvalue weighted by atomic mass is 10.0. The second-order valence-electron chi connectivity index (χ2n) is 3.73. The molecule has 4 N–H and O–H groups in total. The van der Waals surface area contributed by atoms with Gasteiger partial charge >= 0.3 is 0 Å². The average molecular weight is 247 g/mol. The molecular weight excluding hydrogens is 232 g/mol. The van der Waals surface area contributed by atoms with Crippen LogP contribution < -0.4 is 5.32 Å². The summed E-state index contributed by atoms with van der Waals surface area (Å²) in [7, 11) is 1.65. The Morgan fingerprint density at radius 1 is 1.24 bits per heavy atom. The predicted octanol–water partition coefficient (Wildman–Crippen LogP) is 0.674. The summed E-state index contributed by atoms with van der Waals surface area (Å²) in [6, 6.07) is 1.37. The number of aliphatic hydroxyl groups is 2. The van der Waals surface area contributed by atoms with Crippen LogP contribution in [-0.4, -0.2) is 35.0 Å². The molecular formula is C11H15F2NO3. The van der Waals surface area contributed by atoms with Crippen molar-refractivity contribution >= 4 is 0 Å². The van der Waals surface area contributed by atoms with Gasteiger partial charge in [-0.15, -0.1) is 0 Å². The van der Waals surface area contributed by atoms with Crippen molar-refractivity contribution in [2.75, 3.05) is 13.6 Å². The summed E-state index contributed by atoms with van der Waals surface area (Å²) in [6.07, 6.45) is -2.79. The normalized spacial score (nSPS) is 14.6. The molecule has 96 valence electrons. The molecule has 2 atom stereocenters. The van der Waals surface area contributed by atoms with Gasteiger partial charge in [-0.05, 0) is 20.0 Å². The zero-order chi connectivity index (χ0) is 13.0. The van der Waals surface area contributed by atoms with Crippen LogP contribution in [0.4, 0.5) is 8.78 Å². The lowest BCUT2D eigenvalue weighted by molar-refractivity contribution is 0.00976. The summed E-state index contributed by atoms with van der Waals surface area (Å²) >= 11 is 0. The number of hydrogen-bond donors (Lipinski definition) is 4. The first-order valence-electron chi connectivity index (χ1n) is 5.16. The standard InChI is InChI=1S/C11H15F2NO3/c1-14-3-2-9(16)11(17)10-7(12)4-6(15)5-8(10)13/h4-5,9,11,14-17H,2-3H2,1H3. The molecule has 0 fully saturated rings. The van der Waals surface area contributed by atoms with Gasteiger partial charge in [0.05, 0.1) is 11.7 Å². The van der Waals surface area contributed by atoms with Gasteiger partial charge in [0.2, 0.25) is 0 Å². The Kier molecular flexibility index (Phi) is 4.80. The molecule has 4 nitrogen and oxygen atoms in total. The molecule has 0 aromatic heterocycles. The number of aromatic hydroxyl groups is 1. The van der Waals surface area contributed by atoms with Gasteiger partial charge in [0.1, 0.15) is 23.5 Å². The van der Waals surface area contributed by atoms with Gasteiger partial charge in [-0.2, -0.15) is 0 Å². The average Bonchev–Trinajstić information content (AvgIpc) is 2.24. The van der Waals surface area contributed by atoms with Crippen molar-refractivity contribution in [1.82, 2.24) is 5.32 Å². The van der Waals surface area contributed by atoms with E-state index in [-0.39, 0.29) is 6.42 Å². The minimum absolute atomic E-state index is 0.150. The zero-order valence-electron chi connectivity index (χ0n) is 9.32. The van der Waals surface area contributed by atoms with E-state index >= 15 is 0 Å². The van der Waals surface area contributed by atoms with Crippen molar-refractivity contribution in [1.29, 1.82) is 0 Å². The van der Waals surface area contributed by atoms with Crippen LogP contribution in [0.1, 0.15) is 18.1 Å². The molecule has 0 bridgehead atoms. The highest BCUT2D eigenvalue weighted by Gasteiger charge is 2.25. The maximum atomic E-state index is 13.4. The van der Waals surface area contributed by atoms with E-state index in [2.05, 4.69) is 5.32 Å². The van der Waals surface area contributed by atoms with E-state index in [1.807, 2.05) is 0 Å². The van der Waals surface area contributed by atoms with Crippen LogP contribution in [0.25, 0.3) is 0 Å². The van der Waals surface area contributed by atoms with Crippen LogP contribution in [-0.2, 0) is 0 Å². The van der Waals surface area contributed by atoms with E-state index < -0.39 is 35.2 Å². The first-order valence-corrected chi connectivity index (χ1v) is 5.16. The molecule has 1 aromatic rings. The zero-order valence-corrected chi connectivity index (χ0v) is 9.32. The fourth-order valence-electron chi connectivity index (χ4n) is 1.50. The summed E-state index contributed by atoms with van der Waals surface area (Å²) < 4.78 is 26.7. The second kappa shape index (κ2) is 5.90. The highest BCUT2D eigenvalue weighted by Crippen LogP contribution is 2.27. The van der Waals surface area contributed by atoms with Crippen LogP contribution in [0.3, 0.4) is 0 Å². The highest BCUT2D eigenvalue weighted by molar-refractivity contribution is 5.31. The van der Waals surface area contributed by atoms with Gasteiger partial charge in [-0.1, -0.05) is 0 Å². The molecule has 0 aliphatic carbocycles. The molecule has 0 aliphatic heterocycles. The third kappa shape index (κ3) is 3.36. The lowest BCUT2D eigenvalue weighted by Gasteiger charge is -2.19. The van der Waals surface area contributed by atoms with Crippen LogP contribution in [0.15, 0.2) is 12.1 Å². The molecule has 0 radical (unpaired) electrons. The topological polar surface area (TPSA) is 72.7 Å². The molecule has 0 aliphatic rings. The van der Waals surface area contributed by atoms with Crippen LogP contribution >= 0.6 is 0 Å². The van der Waals surface area contributed by atoms with Crippen molar-refractivity contribution in [3.05, 3.63) is 29.3 Å². The van der Waals surface area contributed by atoms with Gasteiger partial charge in [-0.25, -0.2) is 8.78 Å². The number of halogens is 2. The molecule has 0 amide bonds. The Bertz CT molecular complexity index is 364. The Balaban J connectivity index is 2.91. The molecule has 0 heterocycles. The highest BCUT2D eigenvalue weighted by atomic mass is 19.1. The SMILES string of the molecule is CNCCC(O)C(O)c1c(F)cc(O)cc1F. The van der Waals surface area contributed by atoms with Crippen LogP contribution in [0, 0.1) is 11.6 Å². The van der Waals surface area contributed by atoms with Crippen molar-refractivity contribution in [3.8, 4) is 5.75 Å². The van der Waals surface area contributed by atoms with Gasteiger partial charge in [-0.3, -0.25) is 0 Å². The Hall–Kier alpha value is -1.24. The van der Waals surface area contributed by atoms with E-state index in [9.17, 15) is 19.0 Å². The van der Waals surface area contributed by atoms with Crippen molar-refractivity contribution in [2.45, 2.75) is 18.6 Å². The van der Waals surface area contributed by atoms with E-state index in [1.54, 1.807) is 7.05 Å². The smallest absolute Gasteiger partial charge is 0.135 e. The maximum Gasteiger partial charge on any atom is 0.135 e. The first kappa shape index (κ1) is 13.8. The molecule has 0 saturated carbocycles. The summed E-state index contributed by atoms with van der Waals surface area (Å²) in [4.78, 5) is 0. The van der Waals surface area contributed by atoms with Crippen molar-refractivity contribution < 1.29 is 24.1 Å². The van der Waals surface area contributed by atoms with Gasteiger partial charge in [0.15, 0.2) is 0 Å². The summed E-state index contributed by atoms with van der Waals surface area (Å²) in [5, 5.41) is 30.9. The second-order valence-corrected chi connectivity index (χ2v) is 3.73. The predicted molar refractivity (Wildman–Crippen MR) is 57.5 cm³/mol. The van der Waals surface area contributed by atoms with E-state index in [0.29, 0.717) is 18.7 Å². The maximum absolute atomic E-state index is 13.4. The largest absolute Gasteiger partial charge is 0.508 e. The fraction of sp³-hybridized carbons (Fsp3) is 0.455. The Labute approximate surface area is 97.5 Å². The molecule has 17 heavy (non-hydrogen) atoms. The van der Waals surface area contributed by atoms with Gasteiger partial charge < -0.3 is 20.6 Å². The van der Waals surface area contributed by atoms with Gasteiger partial charge in [0.25, 0.3) is 0 Å². The number of nitrogens with one attached hydrogen (secondary N) is 1. The Morgan fingerprint density at radius 2 is 1.76 bits per heavy atom. The molecule has 1 aromatic carbocycles. The van der Waals surface area contributed by atoms with E-state index in [4.69, 9.17) is 5.11 Å². The lowest BCUT2D eigenvalue weighted by Crippen LogP contribution is -2.24. The minimum Gasteiger partial charge on any atom is -0.508 e. The first-order chi connectivity index (χ1) is 7.97. The summed E-state index contributed by atoms with van der Waals surface area (Å²) in [5.41, 5.74) is -0.633. The van der Waals surface area contributed by atoms with E-state index in [1.165, 1.54) is 0 Å². The monoisotopic (exact) mass is 247 g/mol. The number of hydrogen-bond acceptors (Lipinski definition) is 4. The molecule has 6 heteroatoms. The molecule has 0 saturated heterocycles. The van der Waals surface area contributed by atoms with Gasteiger partial charge in [0, 0.05) is 12.1 Å². The fourth-order valence-corrected chi connectivity index (χ4v) is 1.50. The quantitative estimate of drug-likeness (QED) is 0.617. The summed E-state index contributed by atoms with van der Waals surface area (Å²) in [6.45, 7) is 0.402. The van der Waals surface area contributed by atoms with Crippen molar-refractivity contribution in [3.63, 3.8) is 0 Å². The Morgan fingerprint density at radius 3 is 2.24 bits per heavy atom.